The van der Waals surface area contributed by atoms with Crippen molar-refractivity contribution in [1.29, 1.82) is 0 Å². The maximum Gasteiger partial charge on any atom is 0.165 e. The quantitative estimate of drug-likeness (QED) is 0.810. The Labute approximate surface area is 107 Å². The van der Waals surface area contributed by atoms with Crippen LogP contribution in [0.2, 0.25) is 0 Å². The van der Waals surface area contributed by atoms with Gasteiger partial charge in [-0.1, -0.05) is 6.07 Å². The van der Waals surface area contributed by atoms with Crippen molar-refractivity contribution < 1.29 is 18.6 Å². The van der Waals surface area contributed by atoms with E-state index in [-0.39, 0.29) is 17.9 Å². The molecule has 0 aliphatic carbocycles. The summed E-state index contributed by atoms with van der Waals surface area (Å²) in [6.07, 6.45) is -0.0378. The van der Waals surface area contributed by atoms with Crippen LogP contribution in [0.4, 0.5) is 4.39 Å². The van der Waals surface area contributed by atoms with E-state index in [0.29, 0.717) is 18.8 Å². The summed E-state index contributed by atoms with van der Waals surface area (Å²) >= 11 is 0. The Morgan fingerprint density at radius 1 is 1.28 bits per heavy atom. The molecule has 2 N–H and O–H groups in total. The first-order valence-electron chi connectivity index (χ1n) is 5.78. The fourth-order valence-electron chi connectivity index (χ4n) is 1.56. The highest BCUT2D eigenvalue weighted by Crippen LogP contribution is 2.21. The highest BCUT2D eigenvalue weighted by molar-refractivity contribution is 5.30. The average molecular weight is 257 g/mol. The molecule has 1 aromatic carbocycles. The molecule has 0 heterocycles. The first-order chi connectivity index (χ1) is 8.58. The molecule has 0 bridgehead atoms. The Morgan fingerprint density at radius 2 is 2.00 bits per heavy atom. The molecule has 0 aromatic heterocycles. The predicted octanol–water partition coefficient (Wildman–Crippen LogP) is 1.89. The minimum atomic E-state index is -0.421. The number of nitrogens with two attached hydrogens (primary N) is 1. The molecule has 1 rings (SSSR count). The number of halogens is 1. The van der Waals surface area contributed by atoms with Gasteiger partial charge in [0, 0.05) is 7.11 Å². The summed E-state index contributed by atoms with van der Waals surface area (Å²) in [6, 6.07) is 4.29. The monoisotopic (exact) mass is 257 g/mol. The van der Waals surface area contributed by atoms with Crippen molar-refractivity contribution in [1.82, 2.24) is 0 Å². The summed E-state index contributed by atoms with van der Waals surface area (Å²) in [5.41, 5.74) is 6.61. The number of benzene rings is 1. The smallest absolute Gasteiger partial charge is 0.165 e. The Balaban J connectivity index is 2.56. The van der Waals surface area contributed by atoms with Crippen LogP contribution < -0.4 is 10.5 Å². The van der Waals surface area contributed by atoms with Crippen LogP contribution in [0.3, 0.4) is 0 Å². The highest BCUT2D eigenvalue weighted by Gasteiger charge is 2.12. The SMILES string of the molecule is COCC(C)OCC(N)c1ccc(OC)c(F)c1. The van der Waals surface area contributed by atoms with E-state index in [2.05, 4.69) is 0 Å². The van der Waals surface area contributed by atoms with Crippen LogP contribution in [0.25, 0.3) is 0 Å². The predicted molar refractivity (Wildman–Crippen MR) is 67.2 cm³/mol. The number of methoxy groups -OCH3 is 2. The van der Waals surface area contributed by atoms with Gasteiger partial charge < -0.3 is 19.9 Å². The van der Waals surface area contributed by atoms with Gasteiger partial charge in [-0.3, -0.25) is 0 Å². The lowest BCUT2D eigenvalue weighted by Gasteiger charge is -2.17. The second-order valence-corrected chi connectivity index (χ2v) is 4.10. The zero-order valence-corrected chi connectivity index (χ0v) is 11.0. The van der Waals surface area contributed by atoms with Gasteiger partial charge in [-0.2, -0.15) is 0 Å². The lowest BCUT2D eigenvalue weighted by molar-refractivity contribution is 0.00326. The Hall–Kier alpha value is -1.17. The van der Waals surface area contributed by atoms with E-state index in [9.17, 15) is 4.39 Å². The molecule has 1 aromatic rings. The Kier molecular flexibility index (Phi) is 6.04. The van der Waals surface area contributed by atoms with Crippen LogP contribution in [0.5, 0.6) is 5.75 Å². The molecule has 2 atom stereocenters. The minimum absolute atomic E-state index is 0.0378. The first-order valence-corrected chi connectivity index (χ1v) is 5.78. The van der Waals surface area contributed by atoms with Gasteiger partial charge in [-0.25, -0.2) is 4.39 Å². The van der Waals surface area contributed by atoms with Gasteiger partial charge in [0.25, 0.3) is 0 Å². The van der Waals surface area contributed by atoms with Crippen molar-refractivity contribution in [2.24, 2.45) is 5.73 Å². The topological polar surface area (TPSA) is 53.7 Å². The molecule has 0 aliphatic rings. The van der Waals surface area contributed by atoms with Crippen LogP contribution in [-0.4, -0.2) is 33.5 Å². The molecule has 0 saturated heterocycles. The molecule has 0 fully saturated rings. The Bertz CT molecular complexity index is 373. The van der Waals surface area contributed by atoms with Gasteiger partial charge in [0.1, 0.15) is 0 Å². The van der Waals surface area contributed by atoms with Crippen molar-refractivity contribution in [3.63, 3.8) is 0 Å². The number of rotatable bonds is 7. The van der Waals surface area contributed by atoms with Crippen LogP contribution in [0.15, 0.2) is 18.2 Å². The van der Waals surface area contributed by atoms with Crippen LogP contribution in [0.1, 0.15) is 18.5 Å². The molecule has 4 nitrogen and oxygen atoms in total. The minimum Gasteiger partial charge on any atom is -0.494 e. The molecule has 2 unspecified atom stereocenters. The van der Waals surface area contributed by atoms with Crippen molar-refractivity contribution in [3.8, 4) is 5.75 Å². The summed E-state index contributed by atoms with van der Waals surface area (Å²) in [5.74, 6) is -0.213. The fourth-order valence-corrected chi connectivity index (χ4v) is 1.56. The molecule has 0 radical (unpaired) electrons. The maximum atomic E-state index is 13.5. The summed E-state index contributed by atoms with van der Waals surface area (Å²) in [5, 5.41) is 0. The molecular formula is C13H20FNO3. The normalized spacial score (nSPS) is 14.3. The zero-order chi connectivity index (χ0) is 13.5. The second-order valence-electron chi connectivity index (χ2n) is 4.10. The summed E-state index contributed by atoms with van der Waals surface area (Å²) in [6.45, 7) is 2.71. The van der Waals surface area contributed by atoms with Crippen molar-refractivity contribution in [2.45, 2.75) is 19.1 Å². The first kappa shape index (κ1) is 14.9. The van der Waals surface area contributed by atoms with E-state index in [1.165, 1.54) is 13.2 Å². The molecule has 102 valence electrons. The van der Waals surface area contributed by atoms with E-state index in [0.717, 1.165) is 0 Å². The molecular weight excluding hydrogens is 237 g/mol. The lowest BCUT2D eigenvalue weighted by atomic mass is 10.1. The third-order valence-electron chi connectivity index (χ3n) is 2.57. The highest BCUT2D eigenvalue weighted by atomic mass is 19.1. The second kappa shape index (κ2) is 7.31. The summed E-state index contributed by atoms with van der Waals surface area (Å²) in [4.78, 5) is 0. The van der Waals surface area contributed by atoms with E-state index in [1.54, 1.807) is 19.2 Å². The zero-order valence-electron chi connectivity index (χ0n) is 11.0. The molecule has 0 amide bonds. The standard InChI is InChI=1S/C13H20FNO3/c1-9(7-16-2)18-8-12(15)10-4-5-13(17-3)11(14)6-10/h4-6,9,12H,7-8,15H2,1-3H3. The summed E-state index contributed by atoms with van der Waals surface area (Å²) < 4.78 is 28.8. The van der Waals surface area contributed by atoms with Crippen LogP contribution >= 0.6 is 0 Å². The number of ether oxygens (including phenoxy) is 3. The van der Waals surface area contributed by atoms with Crippen LogP contribution in [0, 0.1) is 5.82 Å². The van der Waals surface area contributed by atoms with E-state index >= 15 is 0 Å². The largest absolute Gasteiger partial charge is 0.494 e. The number of hydrogen-bond donors (Lipinski definition) is 1. The lowest BCUT2D eigenvalue weighted by Crippen LogP contribution is -2.23. The van der Waals surface area contributed by atoms with Crippen molar-refractivity contribution in [3.05, 3.63) is 29.6 Å². The fraction of sp³-hybridized carbons (Fsp3) is 0.538. The molecule has 0 aliphatic heterocycles. The summed E-state index contributed by atoms with van der Waals surface area (Å²) in [7, 11) is 3.03. The molecule has 18 heavy (non-hydrogen) atoms. The van der Waals surface area contributed by atoms with Gasteiger partial charge in [-0.05, 0) is 24.6 Å². The van der Waals surface area contributed by atoms with Gasteiger partial charge in [0.05, 0.1) is 32.5 Å². The van der Waals surface area contributed by atoms with Crippen LogP contribution in [-0.2, 0) is 9.47 Å². The maximum absolute atomic E-state index is 13.5. The molecule has 0 saturated carbocycles. The number of hydrogen-bond acceptors (Lipinski definition) is 4. The van der Waals surface area contributed by atoms with Crippen molar-refractivity contribution in [2.75, 3.05) is 27.4 Å². The van der Waals surface area contributed by atoms with Gasteiger partial charge >= 0.3 is 0 Å². The molecule has 5 heteroatoms. The third-order valence-corrected chi connectivity index (χ3v) is 2.57. The third kappa shape index (κ3) is 4.25. The van der Waals surface area contributed by atoms with Gasteiger partial charge in [-0.15, -0.1) is 0 Å². The van der Waals surface area contributed by atoms with E-state index < -0.39 is 5.82 Å². The van der Waals surface area contributed by atoms with Gasteiger partial charge in [0.15, 0.2) is 11.6 Å². The van der Waals surface area contributed by atoms with Crippen molar-refractivity contribution >= 4 is 0 Å². The Morgan fingerprint density at radius 3 is 2.56 bits per heavy atom. The molecule has 0 spiro atoms. The van der Waals surface area contributed by atoms with E-state index in [4.69, 9.17) is 19.9 Å². The average Bonchev–Trinajstić information content (AvgIpc) is 2.36. The van der Waals surface area contributed by atoms with E-state index in [1.807, 2.05) is 6.92 Å². The van der Waals surface area contributed by atoms with Gasteiger partial charge in [0.2, 0.25) is 0 Å².